The van der Waals surface area contributed by atoms with Gasteiger partial charge in [0.1, 0.15) is 5.60 Å². The summed E-state index contributed by atoms with van der Waals surface area (Å²) in [6.07, 6.45) is 0. The van der Waals surface area contributed by atoms with Gasteiger partial charge in [-0.1, -0.05) is 23.7 Å². The number of hydrogen-bond donors (Lipinski definition) is 1. The number of hydrogen-bond acceptors (Lipinski definition) is 2. The molecule has 0 amide bonds. The van der Waals surface area contributed by atoms with Crippen molar-refractivity contribution in [1.82, 2.24) is 5.32 Å². The lowest BCUT2D eigenvalue weighted by Crippen LogP contribution is -2.50. The van der Waals surface area contributed by atoms with E-state index in [0.717, 1.165) is 18.2 Å². The molecule has 0 aromatic heterocycles. The summed E-state index contributed by atoms with van der Waals surface area (Å²) in [5.74, 6) is 0. The highest BCUT2D eigenvalue weighted by molar-refractivity contribution is 6.30. The van der Waals surface area contributed by atoms with E-state index in [-0.39, 0.29) is 5.60 Å². The fourth-order valence-electron chi connectivity index (χ4n) is 1.78. The Morgan fingerprint density at radius 3 is 2.60 bits per heavy atom. The maximum Gasteiger partial charge on any atom is 0.103 e. The first-order valence-corrected chi connectivity index (χ1v) is 5.61. The molecule has 0 spiro atoms. The van der Waals surface area contributed by atoms with E-state index in [1.165, 1.54) is 5.56 Å². The average molecular weight is 226 g/mol. The second kappa shape index (κ2) is 4.12. The summed E-state index contributed by atoms with van der Waals surface area (Å²) in [6, 6.07) is 8.30. The number of morpholine rings is 1. The lowest BCUT2D eigenvalue weighted by molar-refractivity contribution is -0.0728. The molecule has 1 fully saturated rings. The SMILES string of the molecule is CC1COC(C)(c2ccc(Cl)cc2)CN1. The van der Waals surface area contributed by atoms with Gasteiger partial charge in [-0.05, 0) is 31.5 Å². The van der Waals surface area contributed by atoms with Gasteiger partial charge in [0.25, 0.3) is 0 Å². The predicted molar refractivity (Wildman–Crippen MR) is 62.2 cm³/mol. The molecule has 1 aliphatic rings. The molecule has 0 radical (unpaired) electrons. The van der Waals surface area contributed by atoms with Crippen molar-refractivity contribution in [3.63, 3.8) is 0 Å². The molecule has 3 heteroatoms. The second-order valence-electron chi connectivity index (χ2n) is 4.33. The molecule has 82 valence electrons. The van der Waals surface area contributed by atoms with E-state index in [9.17, 15) is 0 Å². The van der Waals surface area contributed by atoms with E-state index in [1.54, 1.807) is 0 Å². The number of halogens is 1. The van der Waals surface area contributed by atoms with Gasteiger partial charge in [-0.15, -0.1) is 0 Å². The average Bonchev–Trinajstić information content (AvgIpc) is 2.24. The maximum atomic E-state index is 5.90. The van der Waals surface area contributed by atoms with Gasteiger partial charge in [0.2, 0.25) is 0 Å². The van der Waals surface area contributed by atoms with Crippen LogP contribution in [0.3, 0.4) is 0 Å². The van der Waals surface area contributed by atoms with Gasteiger partial charge in [0.05, 0.1) is 6.61 Å². The minimum absolute atomic E-state index is 0.225. The van der Waals surface area contributed by atoms with Gasteiger partial charge in [-0.3, -0.25) is 0 Å². The molecule has 1 saturated heterocycles. The van der Waals surface area contributed by atoms with Crippen LogP contribution in [-0.2, 0) is 10.3 Å². The second-order valence-corrected chi connectivity index (χ2v) is 4.77. The van der Waals surface area contributed by atoms with Crippen molar-refractivity contribution < 1.29 is 4.74 Å². The van der Waals surface area contributed by atoms with Gasteiger partial charge in [-0.25, -0.2) is 0 Å². The molecule has 2 atom stereocenters. The molecule has 2 rings (SSSR count). The Balaban J connectivity index is 2.18. The largest absolute Gasteiger partial charge is 0.368 e. The highest BCUT2D eigenvalue weighted by atomic mass is 35.5. The van der Waals surface area contributed by atoms with Crippen molar-refractivity contribution in [3.8, 4) is 0 Å². The van der Waals surface area contributed by atoms with Crippen LogP contribution in [0, 0.1) is 0 Å². The summed E-state index contributed by atoms with van der Waals surface area (Å²) in [5.41, 5.74) is 0.947. The van der Waals surface area contributed by atoms with E-state index in [2.05, 4.69) is 19.2 Å². The number of nitrogens with one attached hydrogen (secondary N) is 1. The lowest BCUT2D eigenvalue weighted by atomic mass is 9.94. The Bertz CT molecular complexity index is 328. The Hall–Kier alpha value is -0.570. The summed E-state index contributed by atoms with van der Waals surface area (Å²) in [4.78, 5) is 0. The van der Waals surface area contributed by atoms with Gasteiger partial charge in [0.15, 0.2) is 0 Å². The van der Waals surface area contributed by atoms with Crippen LogP contribution in [-0.4, -0.2) is 19.2 Å². The molecule has 15 heavy (non-hydrogen) atoms. The van der Waals surface area contributed by atoms with Crippen molar-refractivity contribution in [1.29, 1.82) is 0 Å². The van der Waals surface area contributed by atoms with E-state index < -0.39 is 0 Å². The monoisotopic (exact) mass is 225 g/mol. The summed E-state index contributed by atoms with van der Waals surface area (Å²) >= 11 is 5.86. The van der Waals surface area contributed by atoms with Gasteiger partial charge >= 0.3 is 0 Å². The molecule has 0 aliphatic carbocycles. The fraction of sp³-hybridized carbons (Fsp3) is 0.500. The van der Waals surface area contributed by atoms with Crippen molar-refractivity contribution in [2.75, 3.05) is 13.2 Å². The third-order valence-corrected chi connectivity index (χ3v) is 3.15. The zero-order valence-electron chi connectivity index (χ0n) is 9.09. The third-order valence-electron chi connectivity index (χ3n) is 2.89. The van der Waals surface area contributed by atoms with Crippen molar-refractivity contribution in [2.45, 2.75) is 25.5 Å². The Morgan fingerprint density at radius 2 is 2.07 bits per heavy atom. The van der Waals surface area contributed by atoms with Crippen LogP contribution in [0.1, 0.15) is 19.4 Å². The maximum absolute atomic E-state index is 5.90. The highest BCUT2D eigenvalue weighted by Gasteiger charge is 2.31. The molecule has 1 N–H and O–H groups in total. The molecule has 2 nitrogen and oxygen atoms in total. The first-order valence-electron chi connectivity index (χ1n) is 5.23. The third kappa shape index (κ3) is 2.33. The van der Waals surface area contributed by atoms with E-state index >= 15 is 0 Å². The topological polar surface area (TPSA) is 21.3 Å². The van der Waals surface area contributed by atoms with Crippen molar-refractivity contribution in [3.05, 3.63) is 34.9 Å². The molecule has 0 saturated carbocycles. The Labute approximate surface area is 95.6 Å². The van der Waals surface area contributed by atoms with Crippen molar-refractivity contribution in [2.24, 2.45) is 0 Å². The van der Waals surface area contributed by atoms with Gasteiger partial charge in [-0.2, -0.15) is 0 Å². The van der Waals surface area contributed by atoms with E-state index in [1.807, 2.05) is 24.3 Å². The minimum Gasteiger partial charge on any atom is -0.368 e. The zero-order valence-corrected chi connectivity index (χ0v) is 9.84. The van der Waals surface area contributed by atoms with Crippen molar-refractivity contribution >= 4 is 11.6 Å². The Morgan fingerprint density at radius 1 is 1.40 bits per heavy atom. The van der Waals surface area contributed by atoms with E-state index in [4.69, 9.17) is 16.3 Å². The summed E-state index contributed by atoms with van der Waals surface area (Å²) in [5, 5.41) is 4.19. The van der Waals surface area contributed by atoms with Crippen LogP contribution in [0.5, 0.6) is 0 Å². The number of rotatable bonds is 1. The molecule has 0 bridgehead atoms. The van der Waals surface area contributed by atoms with Crippen LogP contribution in [0.15, 0.2) is 24.3 Å². The quantitative estimate of drug-likeness (QED) is 0.793. The summed E-state index contributed by atoms with van der Waals surface area (Å²) in [7, 11) is 0. The fourth-order valence-corrected chi connectivity index (χ4v) is 1.90. The van der Waals surface area contributed by atoms with Crippen LogP contribution in [0.25, 0.3) is 0 Å². The number of benzene rings is 1. The molecular weight excluding hydrogens is 210 g/mol. The van der Waals surface area contributed by atoms with Gasteiger partial charge < -0.3 is 10.1 Å². The first-order chi connectivity index (χ1) is 7.10. The minimum atomic E-state index is -0.225. The normalized spacial score (nSPS) is 31.5. The molecule has 1 heterocycles. The van der Waals surface area contributed by atoms with Crippen LogP contribution in [0.4, 0.5) is 0 Å². The van der Waals surface area contributed by atoms with Crippen LogP contribution >= 0.6 is 11.6 Å². The smallest absolute Gasteiger partial charge is 0.103 e. The molecular formula is C12H16ClNO. The zero-order chi connectivity index (χ0) is 10.9. The lowest BCUT2D eigenvalue weighted by Gasteiger charge is -2.37. The van der Waals surface area contributed by atoms with Gasteiger partial charge in [0, 0.05) is 17.6 Å². The summed E-state index contributed by atoms with van der Waals surface area (Å²) in [6.45, 7) is 5.82. The first kappa shape index (κ1) is 10.9. The molecule has 2 unspecified atom stereocenters. The highest BCUT2D eigenvalue weighted by Crippen LogP contribution is 2.28. The standard InChI is InChI=1S/C12H16ClNO/c1-9-7-15-12(2,8-14-9)10-3-5-11(13)6-4-10/h3-6,9,14H,7-8H2,1-2H3. The number of ether oxygens (including phenoxy) is 1. The molecule has 1 aliphatic heterocycles. The Kier molecular flexibility index (Phi) is 3.01. The van der Waals surface area contributed by atoms with Crippen LogP contribution in [0.2, 0.25) is 5.02 Å². The summed E-state index contributed by atoms with van der Waals surface area (Å²) < 4.78 is 5.90. The predicted octanol–water partition coefficient (Wildman–Crippen LogP) is 2.56. The molecule has 1 aromatic carbocycles. The van der Waals surface area contributed by atoms with E-state index in [0.29, 0.717) is 6.04 Å². The molecule has 1 aromatic rings. The van der Waals surface area contributed by atoms with Crippen LogP contribution < -0.4 is 5.32 Å².